The minimum Gasteiger partial charge on any atom is -0.465 e. The van der Waals surface area contributed by atoms with Crippen LogP contribution in [0, 0.1) is 0 Å². The van der Waals surface area contributed by atoms with Gasteiger partial charge in [-0.3, -0.25) is 9.69 Å². The molecule has 0 spiro atoms. The molecule has 1 saturated heterocycles. The Labute approximate surface area is 159 Å². The number of halogens is 1. The van der Waals surface area contributed by atoms with Gasteiger partial charge in [0.05, 0.1) is 23.3 Å². The van der Waals surface area contributed by atoms with Crippen LogP contribution in [-0.4, -0.2) is 23.3 Å². The van der Waals surface area contributed by atoms with Crippen molar-refractivity contribution in [3.05, 3.63) is 69.6 Å². The van der Waals surface area contributed by atoms with Gasteiger partial charge in [0.25, 0.3) is 5.91 Å². The number of amides is 1. The van der Waals surface area contributed by atoms with Gasteiger partial charge in [0, 0.05) is 5.02 Å². The highest BCUT2D eigenvalue weighted by molar-refractivity contribution is 8.27. The summed E-state index contributed by atoms with van der Waals surface area (Å²) in [6.45, 7) is 0. The van der Waals surface area contributed by atoms with Gasteiger partial charge >= 0.3 is 5.97 Å². The van der Waals surface area contributed by atoms with Crippen molar-refractivity contribution < 1.29 is 14.3 Å². The lowest BCUT2D eigenvalue weighted by Crippen LogP contribution is -2.27. The van der Waals surface area contributed by atoms with Gasteiger partial charge in [0.2, 0.25) is 0 Å². The first kappa shape index (κ1) is 17.7. The van der Waals surface area contributed by atoms with Gasteiger partial charge in [0.1, 0.15) is 0 Å². The molecule has 0 atom stereocenters. The molecule has 2 aromatic rings. The van der Waals surface area contributed by atoms with Crippen molar-refractivity contribution in [2.75, 3.05) is 12.0 Å². The molecule has 1 fully saturated rings. The van der Waals surface area contributed by atoms with Crippen LogP contribution in [-0.2, 0) is 9.53 Å². The summed E-state index contributed by atoms with van der Waals surface area (Å²) in [7, 11) is 1.33. The molecule has 25 heavy (non-hydrogen) atoms. The second-order valence-electron chi connectivity index (χ2n) is 5.11. The van der Waals surface area contributed by atoms with Gasteiger partial charge in [0.15, 0.2) is 4.32 Å². The molecule has 0 bridgehead atoms. The average Bonchev–Trinajstić information content (AvgIpc) is 2.88. The fourth-order valence-electron chi connectivity index (χ4n) is 2.29. The van der Waals surface area contributed by atoms with Crippen LogP contribution in [0.5, 0.6) is 0 Å². The van der Waals surface area contributed by atoms with E-state index in [9.17, 15) is 9.59 Å². The zero-order chi connectivity index (χ0) is 18.0. The topological polar surface area (TPSA) is 46.6 Å². The fraction of sp³-hybridized carbons (Fsp3) is 0.0556. The summed E-state index contributed by atoms with van der Waals surface area (Å²) in [5.74, 6) is -0.604. The number of methoxy groups -OCH3 is 1. The van der Waals surface area contributed by atoms with Crippen molar-refractivity contribution in [2.45, 2.75) is 0 Å². The number of carbonyl (C=O) groups excluding carboxylic acids is 2. The largest absolute Gasteiger partial charge is 0.465 e. The Morgan fingerprint density at radius 3 is 2.60 bits per heavy atom. The van der Waals surface area contributed by atoms with Gasteiger partial charge in [-0.2, -0.15) is 0 Å². The Kier molecular flexibility index (Phi) is 5.22. The zero-order valence-electron chi connectivity index (χ0n) is 13.1. The smallest absolute Gasteiger partial charge is 0.337 e. The first-order chi connectivity index (χ1) is 12.0. The third-order valence-electron chi connectivity index (χ3n) is 3.49. The molecule has 0 N–H and O–H groups in total. The van der Waals surface area contributed by atoms with E-state index in [-0.39, 0.29) is 5.91 Å². The Morgan fingerprint density at radius 1 is 1.24 bits per heavy atom. The summed E-state index contributed by atoms with van der Waals surface area (Å²) in [5.41, 5.74) is 1.88. The number of hydrogen-bond donors (Lipinski definition) is 0. The van der Waals surface area contributed by atoms with E-state index in [4.69, 9.17) is 23.8 Å². The van der Waals surface area contributed by atoms with Gasteiger partial charge in [-0.25, -0.2) is 4.79 Å². The molecule has 1 aliphatic heterocycles. The number of esters is 1. The number of nitrogens with zero attached hydrogens (tertiary/aromatic N) is 1. The molecule has 7 heteroatoms. The standard InChI is InChI=1S/C18H12ClNO3S2/c1-23-17(22)12-7-5-11(6-8-12)9-15-16(21)20(18(24)25-15)14-4-2-3-13(19)10-14/h2-10H,1H3/b15-9-. The Morgan fingerprint density at radius 2 is 1.96 bits per heavy atom. The molecular formula is C18H12ClNO3S2. The zero-order valence-corrected chi connectivity index (χ0v) is 15.5. The van der Waals surface area contributed by atoms with Gasteiger partial charge in [-0.05, 0) is 42.0 Å². The number of carbonyl (C=O) groups is 2. The molecule has 2 aromatic carbocycles. The van der Waals surface area contributed by atoms with Crippen molar-refractivity contribution in [3.8, 4) is 0 Å². The highest BCUT2D eigenvalue weighted by atomic mass is 35.5. The molecule has 0 unspecified atom stereocenters. The van der Waals surface area contributed by atoms with Crippen molar-refractivity contribution >= 4 is 63.5 Å². The summed E-state index contributed by atoms with van der Waals surface area (Å²) < 4.78 is 5.12. The van der Waals surface area contributed by atoms with E-state index in [1.165, 1.54) is 23.8 Å². The lowest BCUT2D eigenvalue weighted by molar-refractivity contribution is -0.113. The third-order valence-corrected chi connectivity index (χ3v) is 5.03. The van der Waals surface area contributed by atoms with Crippen LogP contribution in [0.15, 0.2) is 53.4 Å². The summed E-state index contributed by atoms with van der Waals surface area (Å²) in [5, 5.41) is 0.536. The predicted octanol–water partition coefficient (Wildman–Crippen LogP) is 4.53. The monoisotopic (exact) mass is 389 g/mol. The first-order valence-electron chi connectivity index (χ1n) is 7.21. The lowest BCUT2D eigenvalue weighted by Gasteiger charge is -2.14. The van der Waals surface area contributed by atoms with Gasteiger partial charge in [-0.15, -0.1) is 0 Å². The van der Waals surface area contributed by atoms with Crippen molar-refractivity contribution in [1.82, 2.24) is 0 Å². The van der Waals surface area contributed by atoms with E-state index in [2.05, 4.69) is 4.74 Å². The van der Waals surface area contributed by atoms with E-state index >= 15 is 0 Å². The molecule has 0 radical (unpaired) electrons. The normalized spacial score (nSPS) is 15.8. The number of rotatable bonds is 3. The predicted molar refractivity (Wildman–Crippen MR) is 105 cm³/mol. The average molecular weight is 390 g/mol. The first-order valence-corrected chi connectivity index (χ1v) is 8.82. The maximum atomic E-state index is 12.7. The van der Waals surface area contributed by atoms with Crippen LogP contribution in [0.1, 0.15) is 15.9 Å². The van der Waals surface area contributed by atoms with E-state index in [1.807, 2.05) is 0 Å². The second-order valence-corrected chi connectivity index (χ2v) is 7.22. The van der Waals surface area contributed by atoms with Crippen LogP contribution in [0.2, 0.25) is 5.02 Å². The number of thiocarbonyl (C=S) groups is 1. The highest BCUT2D eigenvalue weighted by Crippen LogP contribution is 2.36. The fourth-order valence-corrected chi connectivity index (χ4v) is 3.77. The van der Waals surface area contributed by atoms with Crippen LogP contribution >= 0.6 is 35.6 Å². The number of anilines is 1. The molecule has 4 nitrogen and oxygen atoms in total. The maximum absolute atomic E-state index is 12.7. The van der Waals surface area contributed by atoms with Crippen molar-refractivity contribution in [2.24, 2.45) is 0 Å². The van der Waals surface area contributed by atoms with E-state index in [0.717, 1.165) is 5.56 Å². The molecule has 0 aliphatic carbocycles. The molecule has 1 heterocycles. The lowest BCUT2D eigenvalue weighted by atomic mass is 10.1. The molecule has 126 valence electrons. The van der Waals surface area contributed by atoms with Gasteiger partial charge in [-0.1, -0.05) is 53.8 Å². The summed E-state index contributed by atoms with van der Waals surface area (Å²) >= 11 is 12.6. The minimum atomic E-state index is -0.404. The SMILES string of the molecule is COC(=O)c1ccc(/C=C2\SC(=S)N(c3cccc(Cl)c3)C2=O)cc1. The molecule has 0 aromatic heterocycles. The van der Waals surface area contributed by atoms with Crippen LogP contribution < -0.4 is 4.90 Å². The molecule has 3 rings (SSSR count). The second kappa shape index (κ2) is 7.39. The van der Waals surface area contributed by atoms with E-state index in [0.29, 0.717) is 25.5 Å². The van der Waals surface area contributed by atoms with E-state index in [1.54, 1.807) is 54.6 Å². The van der Waals surface area contributed by atoms with Crippen molar-refractivity contribution in [3.63, 3.8) is 0 Å². The Balaban J connectivity index is 1.86. The number of benzene rings is 2. The number of thioether (sulfide) groups is 1. The van der Waals surface area contributed by atoms with Crippen LogP contribution in [0.4, 0.5) is 5.69 Å². The molecule has 1 aliphatic rings. The molecular weight excluding hydrogens is 378 g/mol. The highest BCUT2D eigenvalue weighted by Gasteiger charge is 2.33. The van der Waals surface area contributed by atoms with Crippen molar-refractivity contribution in [1.29, 1.82) is 0 Å². The van der Waals surface area contributed by atoms with E-state index < -0.39 is 5.97 Å². The third kappa shape index (κ3) is 3.76. The summed E-state index contributed by atoms with van der Waals surface area (Å²) in [6.07, 6.45) is 1.74. The summed E-state index contributed by atoms with van der Waals surface area (Å²) in [4.78, 5) is 26.1. The minimum absolute atomic E-state index is 0.200. The van der Waals surface area contributed by atoms with Gasteiger partial charge < -0.3 is 4.74 Å². The molecule has 0 saturated carbocycles. The quantitative estimate of drug-likeness (QED) is 0.438. The maximum Gasteiger partial charge on any atom is 0.337 e. The Hall–Kier alpha value is -2.15. The van der Waals surface area contributed by atoms with Crippen LogP contribution in [0.3, 0.4) is 0 Å². The summed E-state index contributed by atoms with van der Waals surface area (Å²) in [6, 6.07) is 13.8. The number of hydrogen-bond acceptors (Lipinski definition) is 5. The Bertz CT molecular complexity index is 893. The molecule has 1 amide bonds. The number of ether oxygens (including phenoxy) is 1. The van der Waals surface area contributed by atoms with Crippen LogP contribution in [0.25, 0.3) is 6.08 Å².